The van der Waals surface area contributed by atoms with E-state index in [1.807, 2.05) is 0 Å². The molecule has 10 heteroatoms. The van der Waals surface area contributed by atoms with Gasteiger partial charge in [-0.25, -0.2) is 0 Å². The number of fused-ring (bicyclic) bond motifs is 1. The molecule has 154 valence electrons. The lowest BCUT2D eigenvalue weighted by Gasteiger charge is -2.12. The lowest BCUT2D eigenvalue weighted by molar-refractivity contribution is 0.0922. The van der Waals surface area contributed by atoms with E-state index in [0.29, 0.717) is 5.02 Å². The molecule has 1 amide bonds. The van der Waals surface area contributed by atoms with E-state index >= 15 is 0 Å². The standard InChI is InChI=1S/C19H18ClN3O5.ClH/c1-11(24)8-21-18(27)14-10-22-5-6-23(9-12-3-2-4-13(20)7-12)19(28)15(22)17(26)16(14)25;/h2-7,10-11,24,26H,8-9H2,1H3,(H,21,27);1H. The van der Waals surface area contributed by atoms with Crippen molar-refractivity contribution in [2.24, 2.45) is 0 Å². The molecule has 3 N–H and O–H groups in total. The Balaban J connectivity index is 0.00000300. The Morgan fingerprint density at radius 2 is 2.00 bits per heavy atom. The number of benzene rings is 1. The summed E-state index contributed by atoms with van der Waals surface area (Å²) in [7, 11) is 0. The summed E-state index contributed by atoms with van der Waals surface area (Å²) in [6, 6.07) is 6.97. The number of amides is 1. The quantitative estimate of drug-likeness (QED) is 0.555. The Bertz CT molecular complexity index is 1170. The fourth-order valence-corrected chi connectivity index (χ4v) is 2.97. The normalized spacial score (nSPS) is 11.7. The summed E-state index contributed by atoms with van der Waals surface area (Å²) < 4.78 is 2.55. The van der Waals surface area contributed by atoms with Gasteiger partial charge in [0.1, 0.15) is 5.56 Å². The van der Waals surface area contributed by atoms with Crippen LogP contribution in [0.25, 0.3) is 5.52 Å². The topological polar surface area (TPSA) is 113 Å². The van der Waals surface area contributed by atoms with Crippen LogP contribution in [0.5, 0.6) is 5.75 Å². The van der Waals surface area contributed by atoms with Gasteiger partial charge in [0.05, 0.1) is 12.6 Å². The molecule has 2 heterocycles. The monoisotopic (exact) mass is 439 g/mol. The zero-order chi connectivity index (χ0) is 20.4. The number of hydrogen-bond donors (Lipinski definition) is 3. The van der Waals surface area contributed by atoms with Crippen LogP contribution in [-0.4, -0.2) is 37.7 Å². The second-order valence-corrected chi connectivity index (χ2v) is 6.83. The van der Waals surface area contributed by atoms with Gasteiger partial charge in [-0.2, -0.15) is 0 Å². The molecule has 0 saturated heterocycles. The third-order valence-corrected chi connectivity index (χ3v) is 4.36. The number of aliphatic hydroxyl groups excluding tert-OH is 1. The van der Waals surface area contributed by atoms with Gasteiger partial charge < -0.3 is 24.5 Å². The van der Waals surface area contributed by atoms with Crippen molar-refractivity contribution in [3.63, 3.8) is 0 Å². The molecule has 0 aliphatic carbocycles. The van der Waals surface area contributed by atoms with Gasteiger partial charge in [0.25, 0.3) is 11.5 Å². The predicted molar refractivity (Wildman–Crippen MR) is 111 cm³/mol. The smallest absolute Gasteiger partial charge is 0.279 e. The molecule has 1 unspecified atom stereocenters. The van der Waals surface area contributed by atoms with Crippen molar-refractivity contribution < 1.29 is 15.0 Å². The van der Waals surface area contributed by atoms with Gasteiger partial charge in [-0.3, -0.25) is 14.4 Å². The Morgan fingerprint density at radius 1 is 1.28 bits per heavy atom. The van der Waals surface area contributed by atoms with Crippen molar-refractivity contribution in [3.8, 4) is 5.75 Å². The minimum atomic E-state index is -0.958. The first-order valence-electron chi connectivity index (χ1n) is 8.46. The lowest BCUT2D eigenvalue weighted by atomic mass is 10.2. The van der Waals surface area contributed by atoms with Crippen LogP contribution in [0, 0.1) is 0 Å². The second-order valence-electron chi connectivity index (χ2n) is 6.40. The highest BCUT2D eigenvalue weighted by atomic mass is 35.5. The highest BCUT2D eigenvalue weighted by Gasteiger charge is 2.19. The van der Waals surface area contributed by atoms with Crippen LogP contribution in [0.3, 0.4) is 0 Å². The average Bonchev–Trinajstić information content (AvgIpc) is 2.64. The number of nitrogens with zero attached hydrogens (tertiary/aromatic N) is 2. The molecule has 0 aliphatic rings. The van der Waals surface area contributed by atoms with E-state index in [-0.39, 0.29) is 36.6 Å². The molecule has 8 nitrogen and oxygen atoms in total. The molecule has 0 bridgehead atoms. The van der Waals surface area contributed by atoms with Gasteiger partial charge in [0, 0.05) is 30.2 Å². The third kappa shape index (κ3) is 4.79. The second kappa shape index (κ2) is 9.13. The van der Waals surface area contributed by atoms with E-state index in [2.05, 4.69) is 5.32 Å². The van der Waals surface area contributed by atoms with Gasteiger partial charge in [-0.05, 0) is 24.6 Å². The molecule has 0 radical (unpaired) electrons. The number of hydrogen-bond acceptors (Lipinski definition) is 5. The fraction of sp³-hybridized carbons (Fsp3) is 0.211. The van der Waals surface area contributed by atoms with Crippen molar-refractivity contribution in [1.29, 1.82) is 0 Å². The molecule has 0 spiro atoms. The molecule has 29 heavy (non-hydrogen) atoms. The first kappa shape index (κ1) is 22.5. The van der Waals surface area contributed by atoms with Crippen LogP contribution >= 0.6 is 24.0 Å². The fourth-order valence-electron chi connectivity index (χ4n) is 2.76. The molecule has 3 rings (SSSR count). The van der Waals surface area contributed by atoms with E-state index in [0.717, 1.165) is 5.56 Å². The van der Waals surface area contributed by atoms with Crippen molar-refractivity contribution in [2.75, 3.05) is 6.54 Å². The maximum atomic E-state index is 12.8. The van der Waals surface area contributed by atoms with Crippen molar-refractivity contribution in [1.82, 2.24) is 14.3 Å². The Hall–Kier alpha value is -2.81. The van der Waals surface area contributed by atoms with Crippen molar-refractivity contribution in [3.05, 3.63) is 79.6 Å². The van der Waals surface area contributed by atoms with Crippen LogP contribution in [0.15, 0.2) is 52.4 Å². The summed E-state index contributed by atoms with van der Waals surface area (Å²) in [6.45, 7) is 1.62. The lowest BCUT2D eigenvalue weighted by Crippen LogP contribution is -2.34. The number of aromatic hydroxyl groups is 1. The summed E-state index contributed by atoms with van der Waals surface area (Å²) >= 11 is 5.96. The van der Waals surface area contributed by atoms with E-state index in [4.69, 9.17) is 11.6 Å². The maximum Gasteiger partial charge on any atom is 0.279 e. The van der Waals surface area contributed by atoms with E-state index in [1.54, 1.807) is 24.3 Å². The first-order valence-corrected chi connectivity index (χ1v) is 8.84. The molecule has 0 saturated carbocycles. The number of nitrogens with one attached hydrogen (secondary N) is 1. The van der Waals surface area contributed by atoms with Gasteiger partial charge in [-0.15, -0.1) is 12.4 Å². The largest absolute Gasteiger partial charge is 0.503 e. The van der Waals surface area contributed by atoms with Crippen LogP contribution in [0.2, 0.25) is 5.02 Å². The molecule has 2 aromatic heterocycles. The maximum absolute atomic E-state index is 12.8. The minimum Gasteiger partial charge on any atom is -0.503 e. The number of carbonyl (C=O) groups excluding carboxylic acids is 1. The zero-order valence-electron chi connectivity index (χ0n) is 15.3. The molecule has 3 aromatic rings. The SMILES string of the molecule is CC(O)CNC(=O)c1cn2ccn(Cc3cccc(Cl)c3)c(=O)c2c(O)c1=O.Cl. The molecule has 0 fully saturated rings. The van der Waals surface area contributed by atoms with Crippen LogP contribution in [-0.2, 0) is 6.54 Å². The van der Waals surface area contributed by atoms with E-state index in [9.17, 15) is 24.6 Å². The number of rotatable bonds is 5. The van der Waals surface area contributed by atoms with E-state index in [1.165, 1.54) is 34.5 Å². The molecule has 1 aromatic carbocycles. The Morgan fingerprint density at radius 3 is 2.66 bits per heavy atom. The number of carbonyl (C=O) groups is 1. The predicted octanol–water partition coefficient (Wildman–Crippen LogP) is 1.40. The highest BCUT2D eigenvalue weighted by Crippen LogP contribution is 2.14. The number of aromatic nitrogens is 2. The van der Waals surface area contributed by atoms with Gasteiger partial charge in [0.2, 0.25) is 5.43 Å². The van der Waals surface area contributed by atoms with Crippen LogP contribution < -0.4 is 16.3 Å². The van der Waals surface area contributed by atoms with Gasteiger partial charge >= 0.3 is 0 Å². The summed E-state index contributed by atoms with van der Waals surface area (Å²) in [5.74, 6) is -1.56. The van der Waals surface area contributed by atoms with Crippen LogP contribution in [0.4, 0.5) is 0 Å². The number of aliphatic hydroxyl groups is 1. The van der Waals surface area contributed by atoms with Crippen LogP contribution in [0.1, 0.15) is 22.8 Å². The Kier molecular flexibility index (Phi) is 7.07. The zero-order valence-corrected chi connectivity index (χ0v) is 16.9. The first-order chi connectivity index (χ1) is 13.3. The Labute approximate surface area is 176 Å². The summed E-state index contributed by atoms with van der Waals surface area (Å²) in [5.41, 5.74) is -1.34. The summed E-state index contributed by atoms with van der Waals surface area (Å²) in [6.07, 6.45) is 3.34. The highest BCUT2D eigenvalue weighted by molar-refractivity contribution is 6.30. The summed E-state index contributed by atoms with van der Waals surface area (Å²) in [4.78, 5) is 37.3. The third-order valence-electron chi connectivity index (χ3n) is 4.13. The van der Waals surface area contributed by atoms with E-state index < -0.39 is 28.7 Å². The molecular weight excluding hydrogens is 421 g/mol. The number of halogens is 2. The van der Waals surface area contributed by atoms with Crippen molar-refractivity contribution >= 4 is 35.4 Å². The average molecular weight is 440 g/mol. The van der Waals surface area contributed by atoms with Gasteiger partial charge in [0.15, 0.2) is 11.3 Å². The molecule has 1 atom stereocenters. The number of pyridine rings is 1. The summed E-state index contributed by atoms with van der Waals surface area (Å²) in [5, 5.41) is 22.4. The minimum absolute atomic E-state index is 0. The molecule has 0 aliphatic heterocycles. The van der Waals surface area contributed by atoms with Crippen molar-refractivity contribution in [2.45, 2.75) is 19.6 Å². The molecular formula is C19H19Cl2N3O5. The van der Waals surface area contributed by atoms with Gasteiger partial charge in [-0.1, -0.05) is 23.7 Å².